The molecule has 0 heterocycles. The normalized spacial score (nSPS) is 9.79. The molecule has 0 aliphatic heterocycles. The summed E-state index contributed by atoms with van der Waals surface area (Å²) in [4.78, 5) is 0. The Hall–Kier alpha value is -0.905. The van der Waals surface area contributed by atoms with Gasteiger partial charge in [-0.1, -0.05) is 11.6 Å². The first-order chi connectivity index (χ1) is 6.60. The van der Waals surface area contributed by atoms with Crippen molar-refractivity contribution in [1.29, 1.82) is 0 Å². The maximum Gasteiger partial charge on any atom is 0.490 e. The van der Waals surface area contributed by atoms with E-state index >= 15 is 0 Å². The number of hydrogen-bond acceptors (Lipinski definition) is 4. The monoisotopic (exact) mass is 216 g/mol. The maximum atomic E-state index is 9.00. The van der Waals surface area contributed by atoms with Crippen molar-refractivity contribution in [2.45, 2.75) is 0 Å². The molecule has 14 heavy (non-hydrogen) atoms. The summed E-state index contributed by atoms with van der Waals surface area (Å²) < 4.78 is 9.89. The van der Waals surface area contributed by atoms with Crippen LogP contribution in [0.25, 0.3) is 0 Å². The summed E-state index contributed by atoms with van der Waals surface area (Å²) in [6, 6.07) is 3.00. The summed E-state index contributed by atoms with van der Waals surface area (Å²) >= 11 is 5.83. The first-order valence-electron chi connectivity index (χ1n) is 3.87. The van der Waals surface area contributed by atoms with Crippen LogP contribution >= 0.6 is 11.6 Å². The molecule has 4 nitrogen and oxygen atoms in total. The lowest BCUT2D eigenvalue weighted by atomic mass is 9.80. The summed E-state index contributed by atoms with van der Waals surface area (Å²) in [7, 11) is 1.26. The van der Waals surface area contributed by atoms with E-state index in [1.54, 1.807) is 6.07 Å². The van der Waals surface area contributed by atoms with Crippen LogP contribution in [0, 0.1) is 0 Å². The van der Waals surface area contributed by atoms with Gasteiger partial charge in [0, 0.05) is 11.5 Å². The number of rotatable bonds is 3. The van der Waals surface area contributed by atoms with E-state index in [1.165, 1.54) is 20.3 Å². The smallest absolute Gasteiger partial charge is 0.490 e. The molecule has 0 unspecified atom stereocenters. The molecule has 0 bridgehead atoms. The predicted molar refractivity (Wildman–Crippen MR) is 54.4 cm³/mol. The van der Waals surface area contributed by atoms with Crippen molar-refractivity contribution in [3.05, 3.63) is 17.2 Å². The molecule has 0 atom stereocenters. The predicted octanol–water partition coefficient (Wildman–Crippen LogP) is 0.0370. The van der Waals surface area contributed by atoms with Gasteiger partial charge in [-0.2, -0.15) is 0 Å². The highest BCUT2D eigenvalue weighted by molar-refractivity contribution is 6.63. The van der Waals surface area contributed by atoms with Crippen LogP contribution in [0.2, 0.25) is 5.02 Å². The Balaban J connectivity index is 3.27. The number of ether oxygens (including phenoxy) is 2. The largest absolute Gasteiger partial charge is 0.497 e. The van der Waals surface area contributed by atoms with Gasteiger partial charge in [0.05, 0.1) is 19.2 Å². The van der Waals surface area contributed by atoms with Gasteiger partial charge in [0.25, 0.3) is 0 Å². The minimum absolute atomic E-state index is 0.155. The summed E-state index contributed by atoms with van der Waals surface area (Å²) in [5, 5.41) is 18.2. The Kier molecular flexibility index (Phi) is 3.63. The van der Waals surface area contributed by atoms with Crippen molar-refractivity contribution in [2.75, 3.05) is 14.2 Å². The van der Waals surface area contributed by atoms with Gasteiger partial charge in [0.1, 0.15) is 11.5 Å². The van der Waals surface area contributed by atoms with E-state index in [0.717, 1.165) is 0 Å². The fraction of sp³-hybridized carbons (Fsp3) is 0.250. The lowest BCUT2D eigenvalue weighted by Gasteiger charge is -2.10. The zero-order valence-corrected chi connectivity index (χ0v) is 8.58. The van der Waals surface area contributed by atoms with Crippen molar-refractivity contribution in [3.8, 4) is 11.5 Å². The highest BCUT2D eigenvalue weighted by atomic mass is 35.5. The van der Waals surface area contributed by atoms with Gasteiger partial charge in [0.15, 0.2) is 0 Å². The molecule has 0 amide bonds. The van der Waals surface area contributed by atoms with Gasteiger partial charge in [-0.25, -0.2) is 0 Å². The SMILES string of the molecule is COc1cc(OC)c(Cl)c(B(O)O)c1. The Bertz CT molecular complexity index is 329. The second-order valence-electron chi connectivity index (χ2n) is 2.61. The third-order valence-corrected chi connectivity index (χ3v) is 2.18. The lowest BCUT2D eigenvalue weighted by molar-refractivity contribution is 0.393. The van der Waals surface area contributed by atoms with Gasteiger partial charge in [-0.3, -0.25) is 0 Å². The Morgan fingerprint density at radius 1 is 1.21 bits per heavy atom. The van der Waals surface area contributed by atoms with Crippen LogP contribution in [0.5, 0.6) is 11.5 Å². The molecule has 0 radical (unpaired) electrons. The molecule has 76 valence electrons. The van der Waals surface area contributed by atoms with Crippen molar-refractivity contribution in [3.63, 3.8) is 0 Å². The fourth-order valence-corrected chi connectivity index (χ4v) is 1.33. The molecule has 1 rings (SSSR count). The number of methoxy groups -OCH3 is 2. The van der Waals surface area contributed by atoms with Crippen molar-refractivity contribution in [1.82, 2.24) is 0 Å². The molecular formula is C8H10BClO4. The van der Waals surface area contributed by atoms with E-state index in [0.29, 0.717) is 11.5 Å². The van der Waals surface area contributed by atoms with Crippen molar-refractivity contribution < 1.29 is 19.5 Å². The van der Waals surface area contributed by atoms with Gasteiger partial charge in [0.2, 0.25) is 0 Å². The Labute approximate surface area is 87.2 Å². The standard InChI is InChI=1S/C8H10BClO4/c1-13-5-3-6(9(11)12)8(10)7(4-5)14-2/h3-4,11-12H,1-2H3. The van der Waals surface area contributed by atoms with E-state index in [4.69, 9.17) is 31.1 Å². The first kappa shape index (κ1) is 11.2. The number of hydrogen-bond donors (Lipinski definition) is 2. The summed E-state index contributed by atoms with van der Waals surface area (Å²) in [5.41, 5.74) is 0.155. The third kappa shape index (κ3) is 2.12. The molecule has 0 aromatic heterocycles. The zero-order chi connectivity index (χ0) is 10.7. The van der Waals surface area contributed by atoms with Crippen LogP contribution in [0.4, 0.5) is 0 Å². The molecular weight excluding hydrogens is 206 g/mol. The van der Waals surface area contributed by atoms with Crippen molar-refractivity contribution >= 4 is 24.2 Å². The highest BCUT2D eigenvalue weighted by Gasteiger charge is 2.19. The van der Waals surface area contributed by atoms with Crippen LogP contribution in [-0.4, -0.2) is 31.4 Å². The van der Waals surface area contributed by atoms with Gasteiger partial charge >= 0.3 is 7.12 Å². The molecule has 0 spiro atoms. The second-order valence-corrected chi connectivity index (χ2v) is 2.98. The second kappa shape index (κ2) is 4.55. The van der Waals surface area contributed by atoms with Crippen molar-refractivity contribution in [2.24, 2.45) is 0 Å². The summed E-state index contributed by atoms with van der Waals surface area (Å²) in [6.45, 7) is 0. The quantitative estimate of drug-likeness (QED) is 0.700. The molecule has 0 aliphatic rings. The van der Waals surface area contributed by atoms with Gasteiger partial charge in [-0.05, 0) is 6.07 Å². The van der Waals surface area contributed by atoms with E-state index in [1.807, 2.05) is 0 Å². The molecule has 6 heteroatoms. The van der Waals surface area contributed by atoms with Gasteiger partial charge in [-0.15, -0.1) is 0 Å². The fourth-order valence-electron chi connectivity index (χ4n) is 1.05. The number of halogens is 1. The molecule has 1 aromatic rings. The van der Waals surface area contributed by atoms with E-state index in [2.05, 4.69) is 0 Å². The average molecular weight is 216 g/mol. The first-order valence-corrected chi connectivity index (χ1v) is 4.25. The molecule has 0 saturated heterocycles. The Morgan fingerprint density at radius 3 is 2.29 bits per heavy atom. The summed E-state index contributed by atoms with van der Waals surface area (Å²) in [5.74, 6) is 0.795. The Morgan fingerprint density at radius 2 is 1.86 bits per heavy atom. The minimum atomic E-state index is -1.65. The third-order valence-electron chi connectivity index (χ3n) is 1.77. The topological polar surface area (TPSA) is 58.9 Å². The highest BCUT2D eigenvalue weighted by Crippen LogP contribution is 2.27. The van der Waals surface area contributed by atoms with E-state index in [-0.39, 0.29) is 10.5 Å². The molecule has 1 aromatic carbocycles. The average Bonchev–Trinajstić information content (AvgIpc) is 2.17. The van der Waals surface area contributed by atoms with Crippen LogP contribution in [-0.2, 0) is 0 Å². The molecule has 0 saturated carbocycles. The van der Waals surface area contributed by atoms with Crippen LogP contribution in [0.1, 0.15) is 0 Å². The maximum absolute atomic E-state index is 9.00. The lowest BCUT2D eigenvalue weighted by Crippen LogP contribution is -2.31. The zero-order valence-electron chi connectivity index (χ0n) is 7.82. The molecule has 0 aliphatic carbocycles. The van der Waals surface area contributed by atoms with Crippen LogP contribution in [0.3, 0.4) is 0 Å². The van der Waals surface area contributed by atoms with E-state index < -0.39 is 7.12 Å². The molecule has 0 fully saturated rings. The van der Waals surface area contributed by atoms with Crippen LogP contribution in [0.15, 0.2) is 12.1 Å². The molecule has 2 N–H and O–H groups in total. The van der Waals surface area contributed by atoms with Crippen LogP contribution < -0.4 is 14.9 Å². The minimum Gasteiger partial charge on any atom is -0.497 e. The van der Waals surface area contributed by atoms with E-state index in [9.17, 15) is 0 Å². The van der Waals surface area contributed by atoms with Gasteiger partial charge < -0.3 is 19.5 Å². The number of benzene rings is 1. The summed E-state index contributed by atoms with van der Waals surface area (Å²) in [6.07, 6.45) is 0.